The van der Waals surface area contributed by atoms with Crippen LogP contribution in [-0.4, -0.2) is 12.0 Å². The van der Waals surface area contributed by atoms with Crippen molar-refractivity contribution < 1.29 is 13.0 Å². The minimum Gasteiger partial charge on any atom is -0.480 e. The van der Waals surface area contributed by atoms with Crippen LogP contribution in [0.3, 0.4) is 0 Å². The van der Waals surface area contributed by atoms with E-state index in [-0.39, 0.29) is 22.4 Å². The fourth-order valence-corrected chi connectivity index (χ4v) is 0.600. The number of aromatic nitrogens is 1. The molecule has 0 atom stereocenters. The molecule has 0 saturated heterocycles. The summed E-state index contributed by atoms with van der Waals surface area (Å²) < 4.78 is 46.8. The molecule has 0 aliphatic rings. The lowest BCUT2D eigenvalue weighted by atomic mass is 10.5. The van der Waals surface area contributed by atoms with Crippen molar-refractivity contribution in [2.24, 2.45) is 0 Å². The van der Waals surface area contributed by atoms with E-state index >= 15 is 0 Å². The lowest BCUT2D eigenvalue weighted by Gasteiger charge is -1.97. The Hall–Kier alpha value is -0.570. The quantitative estimate of drug-likeness (QED) is 0.680. The first-order chi connectivity index (χ1) is 6.72. The predicted molar refractivity (Wildman–Crippen MR) is 38.5 cm³/mol. The molecule has 0 saturated carbocycles. The monoisotopic (exact) mass is 193 g/mol. The van der Waals surface area contributed by atoms with Crippen molar-refractivity contribution in [3.8, 4) is 5.88 Å². The van der Waals surface area contributed by atoms with E-state index in [9.17, 15) is 0 Å². The molecule has 1 rings (SSSR count). The number of ether oxygens (including phenoxy) is 1. The number of rotatable bonds is 1. The highest BCUT2D eigenvalue weighted by Gasteiger charge is 1.95. The average Bonchev–Trinajstić information content (AvgIpc) is 2.08. The van der Waals surface area contributed by atoms with Gasteiger partial charge in [0.1, 0.15) is 0 Å². The van der Waals surface area contributed by atoms with Crippen molar-refractivity contribution in [2.75, 3.05) is 7.04 Å². The van der Waals surface area contributed by atoms with E-state index < -0.39 is 13.2 Å². The third-order valence-electron chi connectivity index (χ3n) is 0.670. The van der Waals surface area contributed by atoms with Crippen molar-refractivity contribution in [3.05, 3.63) is 22.7 Å². The molecule has 1 aromatic rings. The summed E-state index contributed by atoms with van der Waals surface area (Å²) in [6, 6.07) is -0.714. The molecule has 0 radical (unpaired) electrons. The van der Waals surface area contributed by atoms with Gasteiger partial charge in [0, 0.05) is 6.17 Å². The number of methoxy groups -OCH3 is 1. The summed E-state index contributed by atoms with van der Waals surface area (Å²) in [5.74, 6) is -0.374. The molecular weight excluding hydrogens is 182 g/mol. The fraction of sp³-hybridized carbons (Fsp3) is 0.167. The van der Waals surface area contributed by atoms with Crippen LogP contribution in [0.5, 0.6) is 5.88 Å². The van der Waals surface area contributed by atoms with Crippen LogP contribution >= 0.6 is 15.9 Å². The van der Waals surface area contributed by atoms with Crippen LogP contribution in [0.1, 0.15) is 8.22 Å². The molecule has 0 unspecified atom stereocenters. The van der Waals surface area contributed by atoms with E-state index in [1.807, 2.05) is 0 Å². The van der Waals surface area contributed by atoms with Gasteiger partial charge in [-0.2, -0.15) is 0 Å². The summed E-state index contributed by atoms with van der Waals surface area (Å²) in [6.45, 7) is 0. The number of nitrogens with zero attached hydrogens (tertiary/aromatic N) is 1. The van der Waals surface area contributed by atoms with Gasteiger partial charge >= 0.3 is 0 Å². The first-order valence-corrected chi connectivity index (χ1v) is 2.84. The van der Waals surface area contributed by atoms with Crippen LogP contribution in [0.25, 0.3) is 0 Å². The van der Waals surface area contributed by atoms with E-state index in [0.717, 1.165) is 0 Å². The van der Waals surface area contributed by atoms with Gasteiger partial charge in [-0.1, -0.05) is 0 Å². The van der Waals surface area contributed by atoms with Crippen molar-refractivity contribution in [2.45, 2.75) is 0 Å². The van der Waals surface area contributed by atoms with Crippen molar-refractivity contribution in [1.29, 1.82) is 0 Å². The van der Waals surface area contributed by atoms with E-state index in [1.165, 1.54) is 0 Å². The van der Waals surface area contributed by atoms with E-state index in [0.29, 0.717) is 0 Å². The molecule has 0 fully saturated rings. The zero-order valence-corrected chi connectivity index (χ0v) is 5.82. The van der Waals surface area contributed by atoms with Crippen LogP contribution in [0.15, 0.2) is 22.7 Å². The zero-order valence-electron chi connectivity index (χ0n) is 10.2. The molecule has 0 amide bonds. The third-order valence-corrected chi connectivity index (χ3v) is 1.21. The Balaban J connectivity index is 3.21. The summed E-state index contributed by atoms with van der Waals surface area (Å²) in [4.78, 5) is 3.45. The molecule has 9 heavy (non-hydrogen) atoms. The molecule has 1 aromatic heterocycles. The Kier molecular flexibility index (Phi) is 0.701. The minimum atomic E-state index is -2.70. The molecule has 1 heterocycles. The summed E-state index contributed by atoms with van der Waals surface area (Å²) in [7, 11) is -2.70. The summed E-state index contributed by atoms with van der Waals surface area (Å²) in [5, 5.41) is 0. The Labute approximate surface area is 70.4 Å². The lowest BCUT2D eigenvalue weighted by Crippen LogP contribution is -1.86. The molecule has 48 valence electrons. The Morgan fingerprint density at radius 1 is 2.00 bits per heavy atom. The van der Waals surface area contributed by atoms with Gasteiger partial charge in [0.05, 0.1) is 19.7 Å². The second-order valence-corrected chi connectivity index (χ2v) is 1.99. The van der Waals surface area contributed by atoms with Crippen molar-refractivity contribution in [3.63, 3.8) is 0 Å². The van der Waals surface area contributed by atoms with Crippen LogP contribution in [0, 0.1) is 0 Å². The second-order valence-electron chi connectivity index (χ2n) is 1.19. The lowest BCUT2D eigenvalue weighted by molar-refractivity contribution is 0.395. The number of pyridine rings is 1. The number of hydrogen-bond acceptors (Lipinski definition) is 2. The highest BCUT2D eigenvalue weighted by atomic mass is 79.9. The van der Waals surface area contributed by atoms with Crippen LogP contribution in [-0.2, 0) is 0 Å². The van der Waals surface area contributed by atoms with Gasteiger partial charge in [0.25, 0.3) is 0 Å². The van der Waals surface area contributed by atoms with Gasteiger partial charge in [-0.05, 0) is 28.0 Å². The van der Waals surface area contributed by atoms with Gasteiger partial charge in [0.15, 0.2) is 0 Å². The smallest absolute Gasteiger partial charge is 0.227 e. The molecule has 0 bridgehead atoms. The van der Waals surface area contributed by atoms with Crippen molar-refractivity contribution in [1.82, 2.24) is 4.98 Å². The summed E-state index contributed by atoms with van der Waals surface area (Å²) in [6.07, 6.45) is -0.498. The van der Waals surface area contributed by atoms with E-state index in [1.54, 1.807) is 0 Å². The standard InChI is InChI=1S/C6H6BrNO/c1-9-6-5(7)3-2-4-8-6/h2-4H,1H3/i1D3,2D,3D,4D. The highest BCUT2D eigenvalue weighted by Crippen LogP contribution is 2.19. The Bertz CT molecular complexity index is 392. The zero-order chi connectivity index (χ0) is 11.8. The Morgan fingerprint density at radius 2 is 2.89 bits per heavy atom. The molecule has 0 N–H and O–H groups in total. The van der Waals surface area contributed by atoms with E-state index in [4.69, 9.17) is 8.22 Å². The van der Waals surface area contributed by atoms with Gasteiger partial charge < -0.3 is 4.74 Å². The normalized spacial score (nSPS) is 20.1. The first-order valence-electron chi connectivity index (χ1n) is 5.04. The topological polar surface area (TPSA) is 22.1 Å². The maximum atomic E-state index is 7.38. The Morgan fingerprint density at radius 3 is 3.67 bits per heavy atom. The predicted octanol–water partition coefficient (Wildman–Crippen LogP) is 1.85. The fourth-order valence-electron chi connectivity index (χ4n) is 0.332. The third kappa shape index (κ3) is 1.42. The van der Waals surface area contributed by atoms with E-state index in [2.05, 4.69) is 25.7 Å². The summed E-state index contributed by atoms with van der Waals surface area (Å²) in [5.41, 5.74) is 0. The SMILES string of the molecule is [2H]c1nc(OC([2H])([2H])[2H])c(Br)c([2H])c1[2H]. The maximum absolute atomic E-state index is 7.38. The molecule has 0 aliphatic heterocycles. The van der Waals surface area contributed by atoms with Crippen LogP contribution in [0.2, 0.25) is 0 Å². The average molecular weight is 194 g/mol. The van der Waals surface area contributed by atoms with Crippen LogP contribution in [0.4, 0.5) is 0 Å². The van der Waals surface area contributed by atoms with Crippen molar-refractivity contribution >= 4 is 15.9 Å². The molecule has 0 aliphatic carbocycles. The van der Waals surface area contributed by atoms with Gasteiger partial charge in [-0.25, -0.2) is 4.98 Å². The van der Waals surface area contributed by atoms with Gasteiger partial charge in [0.2, 0.25) is 5.88 Å². The van der Waals surface area contributed by atoms with Gasteiger partial charge in [-0.3, -0.25) is 0 Å². The molecular formula is C6H6BrNO. The highest BCUT2D eigenvalue weighted by molar-refractivity contribution is 9.10. The summed E-state index contributed by atoms with van der Waals surface area (Å²) >= 11 is 2.89. The first kappa shape index (κ1) is 2.23. The number of halogens is 1. The second kappa shape index (κ2) is 2.82. The molecule has 0 spiro atoms. The largest absolute Gasteiger partial charge is 0.480 e. The van der Waals surface area contributed by atoms with Gasteiger partial charge in [-0.15, -0.1) is 0 Å². The van der Waals surface area contributed by atoms with Crippen LogP contribution < -0.4 is 4.74 Å². The minimum absolute atomic E-state index is 0.0420. The maximum Gasteiger partial charge on any atom is 0.227 e. The molecule has 3 heteroatoms. The molecule has 2 nitrogen and oxygen atoms in total. The molecule has 0 aromatic carbocycles. The number of hydrogen-bond donors (Lipinski definition) is 0.